The quantitative estimate of drug-likeness (QED) is 0.639. The van der Waals surface area contributed by atoms with Crippen LogP contribution in [0.3, 0.4) is 0 Å². The number of nitrogens with zero attached hydrogens (tertiary/aromatic N) is 1. The molecule has 0 fully saturated rings. The van der Waals surface area contributed by atoms with Crippen LogP contribution in [0.5, 0.6) is 0 Å². The standard InChI is InChI=1S/C14H11BrN2O4/c1-8-2-4-10(7-13(8)17(20)21)16-12-5-3-9(14(18)19)6-11(12)15/h2-7,16H,1H3,(H,18,19). The summed E-state index contributed by atoms with van der Waals surface area (Å²) in [5.74, 6) is -1.02. The Labute approximate surface area is 128 Å². The first-order valence-corrected chi connectivity index (χ1v) is 6.72. The fraction of sp³-hybridized carbons (Fsp3) is 0.0714. The number of aromatic carboxylic acids is 1. The van der Waals surface area contributed by atoms with E-state index in [1.54, 1.807) is 25.1 Å². The van der Waals surface area contributed by atoms with Gasteiger partial charge in [-0.3, -0.25) is 10.1 Å². The van der Waals surface area contributed by atoms with Gasteiger partial charge >= 0.3 is 5.97 Å². The van der Waals surface area contributed by atoms with E-state index in [-0.39, 0.29) is 11.3 Å². The van der Waals surface area contributed by atoms with Crippen molar-refractivity contribution in [2.75, 3.05) is 5.32 Å². The van der Waals surface area contributed by atoms with Crippen LogP contribution in [0.1, 0.15) is 15.9 Å². The van der Waals surface area contributed by atoms with Gasteiger partial charge < -0.3 is 10.4 Å². The Bertz CT molecular complexity index is 731. The van der Waals surface area contributed by atoms with Crippen LogP contribution in [0.25, 0.3) is 0 Å². The average Bonchev–Trinajstić information content (AvgIpc) is 2.42. The molecule has 0 aliphatic carbocycles. The third-order valence-electron chi connectivity index (χ3n) is 2.90. The first-order valence-electron chi connectivity index (χ1n) is 5.93. The van der Waals surface area contributed by atoms with Crippen molar-refractivity contribution in [2.45, 2.75) is 6.92 Å². The number of anilines is 2. The molecule has 6 nitrogen and oxygen atoms in total. The summed E-state index contributed by atoms with van der Waals surface area (Å²) in [4.78, 5) is 21.3. The van der Waals surface area contributed by atoms with Crippen molar-refractivity contribution in [3.8, 4) is 0 Å². The van der Waals surface area contributed by atoms with Crippen LogP contribution in [0.15, 0.2) is 40.9 Å². The second-order valence-corrected chi connectivity index (χ2v) is 5.24. The van der Waals surface area contributed by atoms with E-state index in [9.17, 15) is 14.9 Å². The summed E-state index contributed by atoms with van der Waals surface area (Å²) in [7, 11) is 0. The molecule has 108 valence electrons. The number of hydrogen-bond acceptors (Lipinski definition) is 4. The van der Waals surface area contributed by atoms with Crippen LogP contribution < -0.4 is 5.32 Å². The fourth-order valence-corrected chi connectivity index (χ4v) is 2.27. The van der Waals surface area contributed by atoms with Gasteiger partial charge in [0.05, 0.1) is 16.2 Å². The summed E-state index contributed by atoms with van der Waals surface area (Å²) in [5.41, 5.74) is 1.93. The molecule has 2 aromatic carbocycles. The van der Waals surface area contributed by atoms with Crippen LogP contribution in [-0.2, 0) is 0 Å². The maximum Gasteiger partial charge on any atom is 0.335 e. The second-order valence-electron chi connectivity index (χ2n) is 4.38. The van der Waals surface area contributed by atoms with E-state index in [1.807, 2.05) is 0 Å². The Morgan fingerprint density at radius 1 is 1.29 bits per heavy atom. The van der Waals surface area contributed by atoms with Gasteiger partial charge in [0, 0.05) is 21.8 Å². The molecule has 0 heterocycles. The van der Waals surface area contributed by atoms with Gasteiger partial charge in [-0.1, -0.05) is 6.07 Å². The normalized spacial score (nSPS) is 10.2. The summed E-state index contributed by atoms with van der Waals surface area (Å²) in [6.45, 7) is 1.67. The molecule has 0 bridgehead atoms. The molecule has 0 amide bonds. The van der Waals surface area contributed by atoms with Gasteiger partial charge in [-0.2, -0.15) is 0 Å². The Kier molecular flexibility index (Phi) is 4.23. The molecule has 2 rings (SSSR count). The van der Waals surface area contributed by atoms with E-state index in [1.165, 1.54) is 18.2 Å². The number of carboxylic acid groups (broad SMARTS) is 1. The Morgan fingerprint density at radius 2 is 2.00 bits per heavy atom. The smallest absolute Gasteiger partial charge is 0.335 e. The van der Waals surface area contributed by atoms with Gasteiger partial charge in [0.2, 0.25) is 0 Å². The maximum atomic E-state index is 10.9. The first-order chi connectivity index (χ1) is 9.88. The molecule has 0 atom stereocenters. The van der Waals surface area contributed by atoms with Gasteiger partial charge in [0.25, 0.3) is 5.69 Å². The number of nitrogens with one attached hydrogen (secondary N) is 1. The van der Waals surface area contributed by atoms with E-state index in [2.05, 4.69) is 21.2 Å². The highest BCUT2D eigenvalue weighted by atomic mass is 79.9. The number of nitro benzene ring substituents is 1. The molecule has 2 N–H and O–H groups in total. The summed E-state index contributed by atoms with van der Waals surface area (Å²) in [6.07, 6.45) is 0. The number of carboxylic acids is 1. The molecule has 21 heavy (non-hydrogen) atoms. The van der Waals surface area contributed by atoms with Crippen molar-refractivity contribution < 1.29 is 14.8 Å². The predicted molar refractivity (Wildman–Crippen MR) is 82.2 cm³/mol. The lowest BCUT2D eigenvalue weighted by Crippen LogP contribution is -1.99. The third kappa shape index (κ3) is 3.38. The van der Waals surface area contributed by atoms with Crippen molar-refractivity contribution in [2.24, 2.45) is 0 Å². The van der Waals surface area contributed by atoms with Crippen molar-refractivity contribution in [3.63, 3.8) is 0 Å². The third-order valence-corrected chi connectivity index (χ3v) is 3.56. The second kappa shape index (κ2) is 5.92. The molecule has 0 unspecified atom stereocenters. The largest absolute Gasteiger partial charge is 0.478 e. The molecule has 0 radical (unpaired) electrons. The van der Waals surface area contributed by atoms with Crippen molar-refractivity contribution in [1.29, 1.82) is 0 Å². The minimum atomic E-state index is -1.02. The topological polar surface area (TPSA) is 92.5 Å². The molecule has 7 heteroatoms. The van der Waals surface area contributed by atoms with E-state index >= 15 is 0 Å². The lowest BCUT2D eigenvalue weighted by atomic mass is 10.1. The van der Waals surface area contributed by atoms with Crippen LogP contribution in [0.2, 0.25) is 0 Å². The zero-order valence-corrected chi connectivity index (χ0v) is 12.5. The number of nitro groups is 1. The zero-order chi connectivity index (χ0) is 15.6. The first kappa shape index (κ1) is 15.0. The van der Waals surface area contributed by atoms with Crippen LogP contribution in [0.4, 0.5) is 17.1 Å². The molecule has 0 aromatic heterocycles. The van der Waals surface area contributed by atoms with Crippen LogP contribution in [-0.4, -0.2) is 16.0 Å². The van der Waals surface area contributed by atoms with Crippen molar-refractivity contribution in [1.82, 2.24) is 0 Å². The fourth-order valence-electron chi connectivity index (χ4n) is 1.79. The van der Waals surface area contributed by atoms with Gasteiger partial charge in [-0.25, -0.2) is 4.79 Å². The predicted octanol–water partition coefficient (Wildman–Crippen LogP) is 4.11. The average molecular weight is 351 g/mol. The summed E-state index contributed by atoms with van der Waals surface area (Å²) in [5, 5.41) is 22.8. The number of halogens is 1. The van der Waals surface area contributed by atoms with Crippen molar-refractivity contribution in [3.05, 3.63) is 62.1 Å². The zero-order valence-electron chi connectivity index (χ0n) is 11.0. The number of aryl methyl sites for hydroxylation is 1. The van der Waals surface area contributed by atoms with Gasteiger partial charge in [0.15, 0.2) is 0 Å². The maximum absolute atomic E-state index is 10.9. The van der Waals surface area contributed by atoms with Gasteiger partial charge in [0.1, 0.15) is 0 Å². The highest BCUT2D eigenvalue weighted by Gasteiger charge is 2.12. The molecule has 2 aromatic rings. The van der Waals surface area contributed by atoms with Crippen LogP contribution >= 0.6 is 15.9 Å². The summed E-state index contributed by atoms with van der Waals surface area (Å²) >= 11 is 3.28. The van der Waals surface area contributed by atoms with Crippen LogP contribution in [0, 0.1) is 17.0 Å². The summed E-state index contributed by atoms with van der Waals surface area (Å²) in [6, 6.07) is 9.33. The van der Waals surface area contributed by atoms with Crippen molar-refractivity contribution >= 4 is 39.0 Å². The Hall–Kier alpha value is -2.41. The molecule has 0 saturated heterocycles. The lowest BCUT2D eigenvalue weighted by Gasteiger charge is -2.10. The number of carbonyl (C=O) groups is 1. The lowest BCUT2D eigenvalue weighted by molar-refractivity contribution is -0.385. The summed E-state index contributed by atoms with van der Waals surface area (Å²) < 4.78 is 0.561. The molecule has 0 aliphatic rings. The highest BCUT2D eigenvalue weighted by Crippen LogP contribution is 2.29. The monoisotopic (exact) mass is 350 g/mol. The minimum Gasteiger partial charge on any atom is -0.478 e. The number of rotatable bonds is 4. The van der Waals surface area contributed by atoms with E-state index in [4.69, 9.17) is 5.11 Å². The van der Waals surface area contributed by atoms with Gasteiger partial charge in [-0.05, 0) is 47.1 Å². The molecule has 0 aliphatic heterocycles. The molecular formula is C14H11BrN2O4. The number of hydrogen-bond donors (Lipinski definition) is 2. The van der Waals surface area contributed by atoms with E-state index in [0.717, 1.165) is 0 Å². The Morgan fingerprint density at radius 3 is 2.57 bits per heavy atom. The highest BCUT2D eigenvalue weighted by molar-refractivity contribution is 9.10. The SMILES string of the molecule is Cc1ccc(Nc2ccc(C(=O)O)cc2Br)cc1[N+](=O)[O-]. The van der Waals surface area contributed by atoms with E-state index in [0.29, 0.717) is 21.4 Å². The minimum absolute atomic E-state index is 0.0262. The molecular weight excluding hydrogens is 340 g/mol. The molecule has 0 saturated carbocycles. The molecule has 0 spiro atoms. The van der Waals surface area contributed by atoms with Gasteiger partial charge in [-0.15, -0.1) is 0 Å². The number of benzene rings is 2. The Balaban J connectivity index is 2.32. The van der Waals surface area contributed by atoms with E-state index < -0.39 is 10.9 Å².